The van der Waals surface area contributed by atoms with Crippen LogP contribution in [0.15, 0.2) is 0 Å². The molecule has 0 heterocycles. The first-order valence-corrected chi connectivity index (χ1v) is 6.96. The number of hydrogen-bond acceptors (Lipinski definition) is 0. The van der Waals surface area contributed by atoms with Gasteiger partial charge in [0.25, 0.3) is 0 Å². The van der Waals surface area contributed by atoms with Crippen LogP contribution in [-0.2, 0) is 17.3 Å². The zero-order valence-electron chi connectivity index (χ0n) is 6.68. The standard InChI is InChI=1S/C7H2F5.ClH.Zn/c1-2-3(8)5(10)7(12)6(11)4(2)9;;/h1H2;1H;/q-1;;+2/p-1. The summed E-state index contributed by atoms with van der Waals surface area (Å²) in [5.41, 5.74) is -1.12. The molecule has 1 rings (SSSR count). The Morgan fingerprint density at radius 1 is 0.714 bits per heavy atom. The summed E-state index contributed by atoms with van der Waals surface area (Å²) in [4.78, 5) is 0. The Morgan fingerprint density at radius 2 is 0.929 bits per heavy atom. The number of rotatable bonds is 0. The fourth-order valence-corrected chi connectivity index (χ4v) is 0.650. The van der Waals surface area contributed by atoms with Gasteiger partial charge in [-0.3, -0.25) is 8.78 Å². The minimum absolute atomic E-state index is 0.847. The van der Waals surface area contributed by atoms with Gasteiger partial charge in [-0.05, 0) is 0 Å². The third-order valence-corrected chi connectivity index (χ3v) is 1.30. The summed E-state index contributed by atoms with van der Waals surface area (Å²) in [6, 6.07) is 0. The van der Waals surface area contributed by atoms with Crippen molar-refractivity contribution in [2.45, 2.75) is 0 Å². The molecule has 0 fully saturated rings. The van der Waals surface area contributed by atoms with Crippen molar-refractivity contribution in [3.63, 3.8) is 0 Å². The molecule has 0 amide bonds. The molecule has 1 aromatic carbocycles. The Bertz CT molecular complexity index is 236. The van der Waals surface area contributed by atoms with Crippen molar-refractivity contribution in [2.24, 2.45) is 0 Å². The zero-order valence-corrected chi connectivity index (χ0v) is 10.4. The quantitative estimate of drug-likeness (QED) is 0.225. The average Bonchev–Trinajstić information content (AvgIpc) is 2.24. The zero-order chi connectivity index (χ0) is 11.5. The maximum absolute atomic E-state index is 12.3. The van der Waals surface area contributed by atoms with Crippen molar-refractivity contribution >= 4 is 9.69 Å². The van der Waals surface area contributed by atoms with Gasteiger partial charge in [0, 0.05) is 0 Å². The summed E-state index contributed by atoms with van der Waals surface area (Å²) in [6.07, 6.45) is 0. The van der Waals surface area contributed by atoms with E-state index in [1.54, 1.807) is 0 Å². The molecule has 0 N–H and O–H groups in total. The van der Waals surface area contributed by atoms with Gasteiger partial charge in [0.05, 0.1) is 11.6 Å². The molecule has 0 spiro atoms. The summed E-state index contributed by atoms with van der Waals surface area (Å²) in [5, 5.41) is 0. The Balaban J connectivity index is 0.000000791. The summed E-state index contributed by atoms with van der Waals surface area (Å²) >= 11 is 0.847. The van der Waals surface area contributed by atoms with Crippen LogP contribution in [0.5, 0.6) is 0 Å². The van der Waals surface area contributed by atoms with Crippen LogP contribution in [0.4, 0.5) is 22.0 Å². The van der Waals surface area contributed by atoms with Gasteiger partial charge >= 0.3 is 27.0 Å². The molecule has 0 saturated carbocycles. The number of benzene rings is 1. The third kappa shape index (κ3) is 2.36. The van der Waals surface area contributed by atoms with Crippen molar-refractivity contribution in [2.75, 3.05) is 0 Å². The molecule has 74 valence electrons. The van der Waals surface area contributed by atoms with E-state index in [9.17, 15) is 22.0 Å². The second-order valence-electron chi connectivity index (χ2n) is 2.05. The van der Waals surface area contributed by atoms with Crippen LogP contribution in [0.2, 0.25) is 0 Å². The van der Waals surface area contributed by atoms with Crippen molar-refractivity contribution in [3.8, 4) is 0 Å². The number of hydrogen-bond donors (Lipinski definition) is 0. The molecule has 0 aliphatic heterocycles. The van der Waals surface area contributed by atoms with Crippen molar-refractivity contribution in [3.05, 3.63) is 41.6 Å². The molecule has 0 aliphatic rings. The normalized spacial score (nSPS) is 9.43. The molecular formula is C7H2ClF5Zn. The van der Waals surface area contributed by atoms with Crippen LogP contribution in [0.1, 0.15) is 5.56 Å². The molecule has 1 aromatic rings. The SMILES string of the molecule is [CH2-]c1c(F)c(F)c(F)c(F)c1F.[Cl][Zn+]. The molecule has 0 bridgehead atoms. The predicted molar refractivity (Wildman–Crippen MR) is 36.5 cm³/mol. The van der Waals surface area contributed by atoms with Crippen LogP contribution >= 0.6 is 9.69 Å². The Hall–Kier alpha value is -0.347. The van der Waals surface area contributed by atoms with E-state index in [0.29, 0.717) is 0 Å². The van der Waals surface area contributed by atoms with Crippen molar-refractivity contribution in [1.82, 2.24) is 0 Å². The van der Waals surface area contributed by atoms with E-state index >= 15 is 0 Å². The predicted octanol–water partition coefficient (Wildman–Crippen LogP) is 3.25. The van der Waals surface area contributed by atoms with E-state index in [-0.39, 0.29) is 0 Å². The summed E-state index contributed by atoms with van der Waals surface area (Å²) < 4.78 is 61.3. The minimum atomic E-state index is -2.17. The Kier molecular flexibility index (Phi) is 5.38. The maximum atomic E-state index is 12.3. The average molecular weight is 282 g/mol. The summed E-state index contributed by atoms with van der Waals surface area (Å²) in [6.45, 7) is 2.69. The van der Waals surface area contributed by atoms with Crippen molar-refractivity contribution in [1.29, 1.82) is 0 Å². The van der Waals surface area contributed by atoms with Crippen molar-refractivity contribution < 1.29 is 39.3 Å². The van der Waals surface area contributed by atoms with Crippen LogP contribution in [0.3, 0.4) is 0 Å². The second-order valence-corrected chi connectivity index (χ2v) is 2.05. The molecule has 0 saturated heterocycles. The molecule has 0 unspecified atom stereocenters. The van der Waals surface area contributed by atoms with E-state index in [2.05, 4.69) is 6.92 Å². The topological polar surface area (TPSA) is 0 Å². The third-order valence-electron chi connectivity index (χ3n) is 1.30. The van der Waals surface area contributed by atoms with Gasteiger partial charge in [-0.25, -0.2) is 13.2 Å². The molecule has 0 atom stereocenters. The van der Waals surface area contributed by atoms with E-state index in [1.807, 2.05) is 0 Å². The summed E-state index contributed by atoms with van der Waals surface area (Å²) in [7, 11) is 4.76. The molecule has 0 radical (unpaired) electrons. The van der Waals surface area contributed by atoms with Gasteiger partial charge in [0.2, 0.25) is 0 Å². The van der Waals surface area contributed by atoms with Gasteiger partial charge in [-0.1, -0.05) is 0 Å². The molecule has 0 aliphatic carbocycles. The Labute approximate surface area is 90.8 Å². The van der Waals surface area contributed by atoms with Gasteiger partial charge < -0.3 is 0 Å². The molecule has 14 heavy (non-hydrogen) atoms. The van der Waals surface area contributed by atoms with Gasteiger partial charge in [-0.15, -0.1) is 5.56 Å². The monoisotopic (exact) mass is 280 g/mol. The van der Waals surface area contributed by atoms with Gasteiger partial charge in [0.1, 0.15) is 11.6 Å². The molecule has 7 heteroatoms. The summed E-state index contributed by atoms with van der Waals surface area (Å²) in [5.74, 6) is -9.91. The fourth-order valence-electron chi connectivity index (χ4n) is 0.650. The van der Waals surface area contributed by atoms with E-state index in [0.717, 1.165) is 17.3 Å². The first kappa shape index (κ1) is 13.7. The second kappa shape index (κ2) is 5.51. The molecule has 0 nitrogen and oxygen atoms in total. The van der Waals surface area contributed by atoms with Gasteiger partial charge in [-0.2, -0.15) is 6.92 Å². The molecular weight excluding hydrogens is 280 g/mol. The van der Waals surface area contributed by atoms with E-state index in [4.69, 9.17) is 9.69 Å². The Morgan fingerprint density at radius 3 is 1.21 bits per heavy atom. The first-order chi connectivity index (χ1) is 6.46. The van der Waals surface area contributed by atoms with Crippen LogP contribution < -0.4 is 0 Å². The van der Waals surface area contributed by atoms with Crippen LogP contribution in [0.25, 0.3) is 0 Å². The number of halogens is 6. The first-order valence-electron chi connectivity index (χ1n) is 3.07. The van der Waals surface area contributed by atoms with E-state index < -0.39 is 34.6 Å². The van der Waals surface area contributed by atoms with Crippen LogP contribution in [-0.4, -0.2) is 0 Å². The molecule has 0 aromatic heterocycles. The van der Waals surface area contributed by atoms with Gasteiger partial charge in [0.15, 0.2) is 5.82 Å². The van der Waals surface area contributed by atoms with Crippen LogP contribution in [0, 0.1) is 36.0 Å². The van der Waals surface area contributed by atoms with E-state index in [1.165, 1.54) is 0 Å². The fraction of sp³-hybridized carbons (Fsp3) is 0.